The third-order valence-corrected chi connectivity index (χ3v) is 26.5. The Morgan fingerprint density at radius 1 is 0.267 bits per heavy atom. The van der Waals surface area contributed by atoms with E-state index >= 15 is 0 Å². The van der Waals surface area contributed by atoms with Crippen molar-refractivity contribution in [3.63, 3.8) is 0 Å². The lowest BCUT2D eigenvalue weighted by Gasteiger charge is -1.98. The minimum atomic E-state index is 0.548. The molecule has 0 amide bonds. The molecule has 13 nitrogen and oxygen atoms in total. The summed E-state index contributed by atoms with van der Waals surface area (Å²) in [5.74, 6) is 0. The highest BCUT2D eigenvalue weighted by molar-refractivity contribution is 7.19. The molecule has 0 atom stereocenters. The molecule has 0 aliphatic carbocycles. The molecule has 0 unspecified atom stereocenters. The van der Waals surface area contributed by atoms with Gasteiger partial charge >= 0.3 is 0 Å². The van der Waals surface area contributed by atoms with E-state index in [1.807, 2.05) is 200 Å². The highest BCUT2D eigenvalue weighted by Gasteiger charge is 2.08. The molecule has 17 aromatic heterocycles. The van der Waals surface area contributed by atoms with Gasteiger partial charge in [-0.1, -0.05) is 187 Å². The third kappa shape index (κ3) is 29.3. The van der Waals surface area contributed by atoms with Gasteiger partial charge in [-0.15, -0.1) is 45.3 Å². The number of aromatic nitrogens is 13. The van der Waals surface area contributed by atoms with E-state index in [9.17, 15) is 0 Å². The van der Waals surface area contributed by atoms with Crippen molar-refractivity contribution in [1.29, 1.82) is 0 Å². The molecule has 0 aliphatic rings. The molecule has 131 heavy (non-hydrogen) atoms. The van der Waals surface area contributed by atoms with E-state index in [1.54, 1.807) is 64.9 Å². The Morgan fingerprint density at radius 3 is 1.52 bits per heavy atom. The maximum Gasteiger partial charge on any atom is 0.139 e. The Balaban J connectivity index is 0.000000129. The number of thiophene rings is 4. The van der Waals surface area contributed by atoms with E-state index in [-0.39, 0.29) is 0 Å². The highest BCUT2D eigenvalue weighted by atomic mass is 35.5. The van der Waals surface area contributed by atoms with Crippen LogP contribution in [-0.2, 0) is 0 Å². The number of hydrogen-bond acceptors (Lipinski definition) is 11. The van der Waals surface area contributed by atoms with E-state index in [4.69, 9.17) is 139 Å². The normalized spacial score (nSPS) is 10.6. The molecular weight excluding hydrogens is 1960 g/mol. The first kappa shape index (κ1) is 100. The van der Waals surface area contributed by atoms with Crippen molar-refractivity contribution in [3.8, 4) is 0 Å². The Hall–Kier alpha value is -9.81. The Kier molecular flexibility index (Phi) is 36.1. The maximum atomic E-state index is 5.89. The number of fused-ring (bicyclic) bond motifs is 11. The Bertz CT molecular complexity index is 6840. The minimum absolute atomic E-state index is 0.548. The molecule has 17 heterocycles. The van der Waals surface area contributed by atoms with E-state index in [0.29, 0.717) is 20.5 Å². The van der Waals surface area contributed by atoms with Crippen LogP contribution in [0.5, 0.6) is 0 Å². The van der Waals surface area contributed by atoms with Crippen molar-refractivity contribution in [2.24, 2.45) is 0 Å². The van der Waals surface area contributed by atoms with Gasteiger partial charge in [0.05, 0.1) is 56.2 Å². The zero-order chi connectivity index (χ0) is 93.9. The molecule has 0 spiro atoms. The number of aromatic amines is 6. The van der Waals surface area contributed by atoms with Crippen molar-refractivity contribution in [2.75, 3.05) is 0 Å². The number of nitrogens with one attached hydrogen (secondary N) is 6. The van der Waals surface area contributed by atoms with Crippen LogP contribution in [0.15, 0.2) is 256 Å². The number of pyridine rings is 7. The van der Waals surface area contributed by atoms with Gasteiger partial charge in [0.15, 0.2) is 0 Å². The predicted molar refractivity (Wildman–Crippen MR) is 574 cm³/mol. The molecule has 0 radical (unpaired) electrons. The van der Waals surface area contributed by atoms with Gasteiger partial charge in [-0.05, 0) is 288 Å². The summed E-state index contributed by atoms with van der Waals surface area (Å²) in [6.07, 6.45) is 12.6. The quantitative estimate of drug-likeness (QED) is 0.0816. The second-order valence-electron chi connectivity index (χ2n) is 30.4. The summed E-state index contributed by atoms with van der Waals surface area (Å²) in [4.78, 5) is 54.0. The molecule has 0 saturated carbocycles. The van der Waals surface area contributed by atoms with Crippen molar-refractivity contribution >= 4 is 303 Å². The van der Waals surface area contributed by atoms with Crippen LogP contribution in [0.2, 0.25) is 60.0 Å². The highest BCUT2D eigenvalue weighted by Crippen LogP contribution is 2.33. The first-order valence-corrected chi connectivity index (χ1v) is 48.4. The second-order valence-corrected chi connectivity index (χ2v) is 40.6. The van der Waals surface area contributed by atoms with Gasteiger partial charge in [0.1, 0.15) is 31.6 Å². The topological polar surface area (TPSA) is 185 Å². The van der Waals surface area contributed by atoms with Crippen LogP contribution in [-0.4, -0.2) is 64.8 Å². The molecule has 0 fully saturated rings. The lowest BCUT2D eigenvalue weighted by atomic mass is 10.1. The summed E-state index contributed by atoms with van der Waals surface area (Å²) in [5, 5.41) is 19.1. The number of halogens is 12. The van der Waals surface area contributed by atoms with Crippen molar-refractivity contribution in [2.45, 2.75) is 90.0 Å². The SMILES string of the molecule is Cc1cc2[nH]cc(Cl)c2cn1.Cc1cc2cc(Cl)ccc2[nH]1.Cc1cc2cc(Cl)cnc2[nH]1.Cc1cc2ccc(Cl)cc2s1.Cc1cc2ccc(Cl)nc2s1.Cc1cc2nc(Cl)ccc2s1.Cc1ccc2c(C)c[nH]c2c1.Cc1ccc2c(Cl)c[nH]c2c1.Cc1ccc2c(Cl)c[nH]c2n1.Cc1ccc2nc(Cl)ccc2c1.Cc1cnc2cc(Cl)ccc2c1.Cc1sc(Cl)cc1Cl. The molecule has 668 valence electrons. The van der Waals surface area contributed by atoms with Crippen LogP contribution in [0.1, 0.15) is 70.1 Å². The number of hydrogen-bond donors (Lipinski definition) is 6. The fraction of sp³-hybridized carbons (Fsp3) is 0.127. The average molecular weight is 2050 g/mol. The summed E-state index contributed by atoms with van der Waals surface area (Å²) in [6.45, 7) is 26.5. The van der Waals surface area contributed by atoms with Crippen molar-refractivity contribution in [3.05, 3.63) is 386 Å². The number of nitrogens with zero attached hydrogens (tertiary/aromatic N) is 7. The Labute approximate surface area is 834 Å². The lowest BCUT2D eigenvalue weighted by molar-refractivity contribution is 1.22. The second kappa shape index (κ2) is 47.2. The zero-order valence-corrected chi connectivity index (χ0v) is 85.4. The standard InChI is InChI=1S/2C10H8ClN.C10H11N.2C9H8ClN.C9H7ClS.3C8H7ClN2.2C8H6ClNS.C5H4Cl2S/c1-7-2-4-9-8(6-7)3-5-10(11)12-9;1-7-4-8-2-3-9(11)5-10(8)12-6-7;1-7-3-4-9-8(2)6-11-10(9)5-7;1-6-4-7-5-8(10)2-3-9(7)11-6;1-6-2-3-7-8(10)5-11-9(7)4-6;1-6-4-7-2-3-8(10)5-9(7)11-6;1-5-2-8-6(3-10-5)7(9)4-11-8;1-5-2-6-3-7(9)4-10-8(6)11-5;1-5-2-3-6-7(9)4-10-8(6)11-5;1-5-4-6-7(11-5)2-3-8(9)10-6;1-5-4-6-2-3-7(9)10-8(6)11-5;1-3-4(6)2-5(7)8-3/h2*2-6H,1H3;3-6,11H,1-2H3;2*2-5,11H,1H3;2-5H,1H3;2-4,11H,1H3;2*2-4H,1H3,(H,10,11);2*2-4H,1H3;2H,1H3. The minimum Gasteiger partial charge on any atom is -0.361 e. The van der Waals surface area contributed by atoms with Crippen LogP contribution >= 0.6 is 185 Å². The lowest BCUT2D eigenvalue weighted by Crippen LogP contribution is -1.80. The summed E-state index contributed by atoms with van der Waals surface area (Å²) in [7, 11) is 0. The van der Waals surface area contributed by atoms with Gasteiger partial charge in [0.2, 0.25) is 0 Å². The fourth-order valence-corrected chi connectivity index (χ4v) is 19.2. The first-order chi connectivity index (χ1) is 62.6. The molecule has 29 heteroatoms. The average Bonchev–Trinajstić information content (AvgIpc) is 1.74. The van der Waals surface area contributed by atoms with Gasteiger partial charge in [0.25, 0.3) is 0 Å². The number of benzene rings is 6. The molecule has 23 rings (SSSR count). The monoisotopic (exact) mass is 2040 g/mol. The first-order valence-electron chi connectivity index (χ1n) is 40.6. The van der Waals surface area contributed by atoms with Crippen molar-refractivity contribution in [1.82, 2.24) is 64.8 Å². The zero-order valence-electron chi connectivity index (χ0n) is 73.0. The Morgan fingerprint density at radius 2 is 0.802 bits per heavy atom. The molecular formula is C102H87Cl12N13S4. The number of aryl methyl sites for hydroxylation is 13. The van der Waals surface area contributed by atoms with Crippen molar-refractivity contribution < 1.29 is 0 Å². The summed E-state index contributed by atoms with van der Waals surface area (Å²) in [5.41, 5.74) is 19.7. The van der Waals surface area contributed by atoms with Crippen LogP contribution in [0.4, 0.5) is 0 Å². The fourth-order valence-electron chi connectivity index (χ4n) is 13.2. The summed E-state index contributed by atoms with van der Waals surface area (Å²) < 4.78 is 3.23. The van der Waals surface area contributed by atoms with E-state index in [0.717, 1.165) is 143 Å². The van der Waals surface area contributed by atoms with E-state index in [2.05, 4.69) is 180 Å². The molecule has 6 N–H and O–H groups in total. The van der Waals surface area contributed by atoms with Crippen LogP contribution in [0, 0.1) is 90.0 Å². The maximum absolute atomic E-state index is 5.89. The molecule has 6 aromatic carbocycles. The van der Waals surface area contributed by atoms with Crippen LogP contribution in [0.25, 0.3) is 118 Å². The number of H-pyrrole nitrogens is 6. The number of rotatable bonds is 0. The predicted octanol–water partition coefficient (Wildman–Crippen LogP) is 36.8. The van der Waals surface area contributed by atoms with E-state index in [1.165, 1.54) is 95.9 Å². The summed E-state index contributed by atoms with van der Waals surface area (Å²) in [6, 6.07) is 69.8. The molecule has 23 aromatic rings. The largest absolute Gasteiger partial charge is 0.361 e. The molecule has 0 bridgehead atoms. The third-order valence-electron chi connectivity index (χ3n) is 19.4. The smallest absolute Gasteiger partial charge is 0.139 e. The van der Waals surface area contributed by atoms with Gasteiger partial charge in [0, 0.05) is 170 Å². The van der Waals surface area contributed by atoms with Crippen LogP contribution in [0.3, 0.4) is 0 Å². The summed E-state index contributed by atoms with van der Waals surface area (Å²) >= 11 is 76.0. The van der Waals surface area contributed by atoms with Gasteiger partial charge in [-0.3, -0.25) is 9.97 Å². The van der Waals surface area contributed by atoms with Gasteiger partial charge in [-0.2, -0.15) is 0 Å². The molecule has 0 saturated heterocycles. The molecule has 0 aliphatic heterocycles. The van der Waals surface area contributed by atoms with Gasteiger partial charge in [-0.25, -0.2) is 24.9 Å². The van der Waals surface area contributed by atoms with Gasteiger partial charge < -0.3 is 29.9 Å². The van der Waals surface area contributed by atoms with Crippen LogP contribution < -0.4 is 0 Å². The van der Waals surface area contributed by atoms with E-state index < -0.39 is 0 Å².